The SMILES string of the molecule is CC1CCN(C(=O)c2sc3ccccc3c2Cl)C1C(=O)O. The third kappa shape index (κ3) is 2.30. The van der Waals surface area contributed by atoms with Crippen LogP contribution >= 0.6 is 22.9 Å². The molecule has 1 fully saturated rings. The van der Waals surface area contributed by atoms with Gasteiger partial charge in [-0.1, -0.05) is 36.7 Å². The maximum absolute atomic E-state index is 12.7. The van der Waals surface area contributed by atoms with E-state index in [9.17, 15) is 14.7 Å². The fourth-order valence-corrected chi connectivity index (χ4v) is 4.30. The van der Waals surface area contributed by atoms with Gasteiger partial charge < -0.3 is 10.0 Å². The van der Waals surface area contributed by atoms with Gasteiger partial charge in [-0.05, 0) is 18.4 Å². The first kappa shape index (κ1) is 14.4. The number of benzene rings is 1. The minimum Gasteiger partial charge on any atom is -0.480 e. The van der Waals surface area contributed by atoms with Crippen LogP contribution in [0.15, 0.2) is 24.3 Å². The number of rotatable bonds is 2. The Kier molecular flexibility index (Phi) is 3.63. The predicted octanol–water partition coefficient (Wildman–Crippen LogP) is 3.49. The number of amides is 1. The summed E-state index contributed by atoms with van der Waals surface area (Å²) in [5.74, 6) is -1.27. The van der Waals surface area contributed by atoms with E-state index >= 15 is 0 Å². The molecular weight excluding hydrogens is 310 g/mol. The van der Waals surface area contributed by atoms with Crippen molar-refractivity contribution in [2.24, 2.45) is 5.92 Å². The zero-order valence-corrected chi connectivity index (χ0v) is 12.9. The Morgan fingerprint density at radius 1 is 1.38 bits per heavy atom. The first-order valence-electron chi connectivity index (χ1n) is 6.71. The van der Waals surface area contributed by atoms with Crippen molar-refractivity contribution in [3.8, 4) is 0 Å². The van der Waals surface area contributed by atoms with E-state index in [1.165, 1.54) is 16.2 Å². The molecule has 0 saturated carbocycles. The molecule has 1 saturated heterocycles. The average molecular weight is 324 g/mol. The Bertz CT molecular complexity index is 727. The topological polar surface area (TPSA) is 57.6 Å². The highest BCUT2D eigenvalue weighted by atomic mass is 35.5. The summed E-state index contributed by atoms with van der Waals surface area (Å²) in [6.07, 6.45) is 0.700. The molecule has 2 aromatic rings. The van der Waals surface area contributed by atoms with E-state index in [2.05, 4.69) is 0 Å². The zero-order chi connectivity index (χ0) is 15.1. The second kappa shape index (κ2) is 5.31. The molecule has 1 aromatic heterocycles. The van der Waals surface area contributed by atoms with Crippen LogP contribution in [0.5, 0.6) is 0 Å². The third-order valence-corrected chi connectivity index (χ3v) is 5.61. The maximum atomic E-state index is 12.7. The summed E-state index contributed by atoms with van der Waals surface area (Å²) < 4.78 is 0.935. The number of nitrogens with zero attached hydrogens (tertiary/aromatic N) is 1. The number of carboxylic acids is 1. The van der Waals surface area contributed by atoms with Crippen molar-refractivity contribution >= 4 is 44.9 Å². The molecule has 1 aliphatic rings. The Labute approximate surface area is 130 Å². The standard InChI is InChI=1S/C15H14ClNO3S/c1-8-6-7-17(12(8)15(19)20)14(18)13-11(16)9-4-2-3-5-10(9)21-13/h2-5,8,12H,6-7H2,1H3,(H,19,20). The lowest BCUT2D eigenvalue weighted by molar-refractivity contribution is -0.142. The van der Waals surface area contributed by atoms with Crippen LogP contribution in [0.1, 0.15) is 23.0 Å². The monoisotopic (exact) mass is 323 g/mol. The number of fused-ring (bicyclic) bond motifs is 1. The molecule has 1 N–H and O–H groups in total. The van der Waals surface area contributed by atoms with Crippen LogP contribution in [0.2, 0.25) is 5.02 Å². The largest absolute Gasteiger partial charge is 0.480 e. The molecule has 2 unspecified atom stereocenters. The fraction of sp³-hybridized carbons (Fsp3) is 0.333. The van der Waals surface area contributed by atoms with E-state index in [0.29, 0.717) is 22.9 Å². The van der Waals surface area contributed by atoms with Gasteiger partial charge in [-0.2, -0.15) is 0 Å². The highest BCUT2D eigenvalue weighted by Gasteiger charge is 2.40. The number of halogens is 1. The van der Waals surface area contributed by atoms with Gasteiger partial charge in [-0.15, -0.1) is 11.3 Å². The lowest BCUT2D eigenvalue weighted by Crippen LogP contribution is -2.42. The molecular formula is C15H14ClNO3S. The number of hydrogen-bond acceptors (Lipinski definition) is 3. The van der Waals surface area contributed by atoms with Crippen LogP contribution < -0.4 is 0 Å². The van der Waals surface area contributed by atoms with Crippen LogP contribution in [0.4, 0.5) is 0 Å². The number of carbonyl (C=O) groups excluding carboxylic acids is 1. The number of carboxylic acid groups (broad SMARTS) is 1. The maximum Gasteiger partial charge on any atom is 0.326 e. The Balaban J connectivity index is 2.01. The Morgan fingerprint density at radius 2 is 2.10 bits per heavy atom. The predicted molar refractivity (Wildman–Crippen MR) is 83.1 cm³/mol. The molecule has 6 heteroatoms. The number of hydrogen-bond donors (Lipinski definition) is 1. The first-order valence-corrected chi connectivity index (χ1v) is 7.91. The molecule has 2 heterocycles. The Morgan fingerprint density at radius 3 is 2.76 bits per heavy atom. The number of likely N-dealkylation sites (tertiary alicyclic amines) is 1. The van der Waals surface area contributed by atoms with E-state index in [4.69, 9.17) is 11.6 Å². The van der Waals surface area contributed by atoms with Gasteiger partial charge in [-0.3, -0.25) is 4.79 Å². The van der Waals surface area contributed by atoms with E-state index in [0.717, 1.165) is 10.1 Å². The van der Waals surface area contributed by atoms with E-state index < -0.39 is 12.0 Å². The van der Waals surface area contributed by atoms with Crippen molar-refractivity contribution in [1.29, 1.82) is 0 Å². The lowest BCUT2D eigenvalue weighted by atomic mass is 10.0. The summed E-state index contributed by atoms with van der Waals surface area (Å²) in [4.78, 5) is 25.9. The molecule has 110 valence electrons. The summed E-state index contributed by atoms with van der Waals surface area (Å²) in [5.41, 5.74) is 0. The van der Waals surface area contributed by atoms with E-state index in [1.54, 1.807) is 0 Å². The van der Waals surface area contributed by atoms with Gasteiger partial charge in [0.05, 0.1) is 5.02 Å². The van der Waals surface area contributed by atoms with Crippen LogP contribution in [-0.2, 0) is 4.79 Å². The lowest BCUT2D eigenvalue weighted by Gasteiger charge is -2.22. The first-order chi connectivity index (χ1) is 10.0. The molecule has 2 atom stereocenters. The van der Waals surface area contributed by atoms with Crippen LogP contribution in [0.25, 0.3) is 10.1 Å². The number of aliphatic carboxylic acids is 1. The van der Waals surface area contributed by atoms with Crippen LogP contribution in [0, 0.1) is 5.92 Å². The van der Waals surface area contributed by atoms with Gasteiger partial charge in [-0.25, -0.2) is 4.79 Å². The van der Waals surface area contributed by atoms with Gasteiger partial charge >= 0.3 is 5.97 Å². The van der Waals surface area contributed by atoms with E-state index in [-0.39, 0.29) is 11.8 Å². The fourth-order valence-electron chi connectivity index (χ4n) is 2.83. The minimum atomic E-state index is -0.953. The summed E-state index contributed by atoms with van der Waals surface area (Å²) >= 11 is 7.63. The molecule has 0 radical (unpaired) electrons. The van der Waals surface area contributed by atoms with Gasteiger partial charge in [0, 0.05) is 16.6 Å². The molecule has 4 nitrogen and oxygen atoms in total. The summed E-state index contributed by atoms with van der Waals surface area (Å²) in [7, 11) is 0. The second-order valence-electron chi connectivity index (χ2n) is 5.29. The number of thiophene rings is 1. The molecule has 0 aliphatic carbocycles. The Hall–Kier alpha value is -1.59. The summed E-state index contributed by atoms with van der Waals surface area (Å²) in [6, 6.07) is 6.77. The normalized spacial score (nSPS) is 21.9. The van der Waals surface area contributed by atoms with Gasteiger partial charge in [0.15, 0.2) is 0 Å². The van der Waals surface area contributed by atoms with Crippen molar-refractivity contribution in [1.82, 2.24) is 4.90 Å². The third-order valence-electron chi connectivity index (χ3n) is 3.94. The quantitative estimate of drug-likeness (QED) is 0.920. The van der Waals surface area contributed by atoms with Gasteiger partial charge in [0.25, 0.3) is 5.91 Å². The van der Waals surface area contributed by atoms with E-state index in [1.807, 2.05) is 31.2 Å². The molecule has 3 rings (SSSR count). The molecule has 1 aromatic carbocycles. The van der Waals surface area contributed by atoms with Crippen LogP contribution in [0.3, 0.4) is 0 Å². The molecule has 21 heavy (non-hydrogen) atoms. The van der Waals surface area contributed by atoms with Crippen molar-refractivity contribution in [3.05, 3.63) is 34.2 Å². The summed E-state index contributed by atoms with van der Waals surface area (Å²) in [6.45, 7) is 2.32. The minimum absolute atomic E-state index is 0.0420. The smallest absolute Gasteiger partial charge is 0.326 e. The molecule has 0 bridgehead atoms. The number of carbonyl (C=O) groups is 2. The second-order valence-corrected chi connectivity index (χ2v) is 6.72. The zero-order valence-electron chi connectivity index (χ0n) is 11.4. The van der Waals surface area contributed by atoms with Gasteiger partial charge in [0.1, 0.15) is 10.9 Å². The molecule has 1 aliphatic heterocycles. The highest BCUT2D eigenvalue weighted by molar-refractivity contribution is 7.21. The van der Waals surface area contributed by atoms with Crippen molar-refractivity contribution in [3.63, 3.8) is 0 Å². The van der Waals surface area contributed by atoms with Crippen molar-refractivity contribution in [2.45, 2.75) is 19.4 Å². The molecule has 0 spiro atoms. The van der Waals surface area contributed by atoms with Crippen molar-refractivity contribution in [2.75, 3.05) is 6.54 Å². The molecule has 1 amide bonds. The van der Waals surface area contributed by atoms with Gasteiger partial charge in [0.2, 0.25) is 0 Å². The van der Waals surface area contributed by atoms with Crippen LogP contribution in [-0.4, -0.2) is 34.5 Å². The summed E-state index contributed by atoms with van der Waals surface area (Å²) in [5, 5.41) is 10.6. The average Bonchev–Trinajstić information content (AvgIpc) is 3.00. The van der Waals surface area contributed by atoms with Crippen molar-refractivity contribution < 1.29 is 14.7 Å². The highest BCUT2D eigenvalue weighted by Crippen LogP contribution is 2.37.